The fourth-order valence-electron chi connectivity index (χ4n) is 1.30. The minimum atomic E-state index is -0.500. The second kappa shape index (κ2) is 5.64. The lowest BCUT2D eigenvalue weighted by Crippen LogP contribution is -2.01. The van der Waals surface area contributed by atoms with Gasteiger partial charge in [-0.25, -0.2) is 4.98 Å². The first kappa shape index (κ1) is 13.3. The fraction of sp³-hybridized carbons (Fsp3) is 0.100. The van der Waals surface area contributed by atoms with Gasteiger partial charge in [0.2, 0.25) is 0 Å². The van der Waals surface area contributed by atoms with Crippen molar-refractivity contribution < 1.29 is 4.92 Å². The van der Waals surface area contributed by atoms with Gasteiger partial charge in [0.1, 0.15) is 11.0 Å². The Morgan fingerprint density at radius 3 is 2.89 bits per heavy atom. The molecule has 0 aliphatic rings. The van der Waals surface area contributed by atoms with Gasteiger partial charge in [-0.1, -0.05) is 11.6 Å². The van der Waals surface area contributed by atoms with Gasteiger partial charge in [-0.3, -0.25) is 10.1 Å². The lowest BCUT2D eigenvalue weighted by molar-refractivity contribution is -0.384. The molecule has 0 aliphatic carbocycles. The maximum absolute atomic E-state index is 10.7. The lowest BCUT2D eigenvalue weighted by Gasteiger charge is -2.04. The van der Waals surface area contributed by atoms with Crippen LogP contribution in [0.4, 0.5) is 11.5 Å². The van der Waals surface area contributed by atoms with Gasteiger partial charge in [-0.05, 0) is 22.0 Å². The Labute approximate surface area is 120 Å². The van der Waals surface area contributed by atoms with E-state index in [4.69, 9.17) is 11.6 Å². The van der Waals surface area contributed by atoms with E-state index < -0.39 is 4.92 Å². The first-order valence-electron chi connectivity index (χ1n) is 4.83. The Morgan fingerprint density at radius 2 is 2.28 bits per heavy atom. The molecule has 0 bridgehead atoms. The molecule has 0 aliphatic heterocycles. The van der Waals surface area contributed by atoms with E-state index in [9.17, 15) is 10.1 Å². The summed E-state index contributed by atoms with van der Waals surface area (Å²) in [4.78, 5) is 15.2. The minimum Gasteiger partial charge on any atom is -0.365 e. The maximum atomic E-state index is 10.7. The van der Waals surface area contributed by atoms with E-state index in [1.807, 2.05) is 11.4 Å². The van der Waals surface area contributed by atoms with Crippen LogP contribution in [0.3, 0.4) is 0 Å². The molecule has 8 heteroatoms. The van der Waals surface area contributed by atoms with E-state index in [2.05, 4.69) is 26.2 Å². The predicted molar refractivity (Wildman–Crippen MR) is 75.2 cm³/mol. The Morgan fingerprint density at radius 1 is 1.50 bits per heavy atom. The van der Waals surface area contributed by atoms with Crippen molar-refractivity contribution in [3.63, 3.8) is 0 Å². The van der Waals surface area contributed by atoms with Gasteiger partial charge >= 0.3 is 0 Å². The number of hydrogen-bond donors (Lipinski definition) is 1. The second-order valence-corrected chi connectivity index (χ2v) is 5.67. The van der Waals surface area contributed by atoms with Gasteiger partial charge in [0.25, 0.3) is 5.69 Å². The zero-order valence-corrected chi connectivity index (χ0v) is 12.1. The van der Waals surface area contributed by atoms with Gasteiger partial charge in [0.05, 0.1) is 23.6 Å². The first-order valence-corrected chi connectivity index (χ1v) is 6.88. The normalized spacial score (nSPS) is 10.3. The highest BCUT2D eigenvalue weighted by Gasteiger charge is 2.10. The average molecular weight is 349 g/mol. The van der Waals surface area contributed by atoms with E-state index in [0.29, 0.717) is 12.4 Å². The molecule has 0 atom stereocenters. The predicted octanol–water partition coefficient (Wildman–Crippen LogP) is 4.08. The minimum absolute atomic E-state index is 0.0788. The monoisotopic (exact) mass is 347 g/mol. The summed E-state index contributed by atoms with van der Waals surface area (Å²) >= 11 is 10.7. The van der Waals surface area contributed by atoms with E-state index in [-0.39, 0.29) is 10.8 Å². The summed E-state index contributed by atoms with van der Waals surface area (Å²) in [6.45, 7) is 0.542. The van der Waals surface area contributed by atoms with E-state index in [1.165, 1.54) is 12.1 Å². The molecule has 2 rings (SSSR count). The molecular formula is C10H7BrClN3O2S. The van der Waals surface area contributed by atoms with Crippen LogP contribution in [0, 0.1) is 10.1 Å². The molecule has 18 heavy (non-hydrogen) atoms. The van der Waals surface area contributed by atoms with Crippen LogP contribution in [0.1, 0.15) is 4.88 Å². The number of nitro groups is 1. The second-order valence-electron chi connectivity index (χ2n) is 3.38. The molecule has 2 aromatic heterocycles. The third-order valence-electron chi connectivity index (χ3n) is 2.06. The SMILES string of the molecule is O=[N+]([O-])c1cc(Cl)nc(NCc2cc(Br)cs2)c1. The number of nitrogens with one attached hydrogen (secondary N) is 1. The van der Waals surface area contributed by atoms with Crippen LogP contribution in [0.25, 0.3) is 0 Å². The summed E-state index contributed by atoms with van der Waals surface area (Å²) in [5.41, 5.74) is -0.0788. The largest absolute Gasteiger partial charge is 0.365 e. The number of pyridine rings is 1. The zero-order chi connectivity index (χ0) is 13.1. The number of nitrogens with zero attached hydrogens (tertiary/aromatic N) is 2. The number of anilines is 1. The van der Waals surface area contributed by atoms with Crippen LogP contribution in [0.15, 0.2) is 28.1 Å². The molecule has 94 valence electrons. The van der Waals surface area contributed by atoms with Crippen LogP contribution < -0.4 is 5.32 Å². The molecule has 1 N–H and O–H groups in total. The van der Waals surface area contributed by atoms with Crippen LogP contribution >= 0.6 is 38.9 Å². The van der Waals surface area contributed by atoms with Crippen LogP contribution in [-0.2, 0) is 6.54 Å². The molecular weight excluding hydrogens is 342 g/mol. The Balaban J connectivity index is 2.11. The quantitative estimate of drug-likeness (QED) is 0.513. The van der Waals surface area contributed by atoms with Crippen molar-refractivity contribution in [2.75, 3.05) is 5.32 Å². The molecule has 0 fully saturated rings. The molecule has 2 heterocycles. The Kier molecular flexibility index (Phi) is 4.15. The van der Waals surface area contributed by atoms with Crippen LogP contribution in [0.2, 0.25) is 5.15 Å². The zero-order valence-electron chi connectivity index (χ0n) is 8.89. The molecule has 0 radical (unpaired) electrons. The summed E-state index contributed by atoms with van der Waals surface area (Å²) in [5, 5.41) is 15.7. The number of halogens is 2. The first-order chi connectivity index (χ1) is 8.54. The maximum Gasteiger partial charge on any atom is 0.276 e. The number of hydrogen-bond acceptors (Lipinski definition) is 5. The summed E-state index contributed by atoms with van der Waals surface area (Å²) in [6, 6.07) is 4.54. The van der Waals surface area contributed by atoms with Crippen molar-refractivity contribution >= 4 is 50.4 Å². The van der Waals surface area contributed by atoms with Crippen molar-refractivity contribution in [3.05, 3.63) is 48.2 Å². The lowest BCUT2D eigenvalue weighted by atomic mass is 10.4. The highest BCUT2D eigenvalue weighted by molar-refractivity contribution is 9.10. The van der Waals surface area contributed by atoms with Crippen molar-refractivity contribution in [1.82, 2.24) is 4.98 Å². The van der Waals surface area contributed by atoms with Crippen molar-refractivity contribution in [2.24, 2.45) is 0 Å². The summed E-state index contributed by atoms with van der Waals surface area (Å²) in [5.74, 6) is 0.388. The smallest absolute Gasteiger partial charge is 0.276 e. The molecule has 0 spiro atoms. The average Bonchev–Trinajstić information content (AvgIpc) is 2.72. The van der Waals surface area contributed by atoms with Crippen LogP contribution in [-0.4, -0.2) is 9.91 Å². The van der Waals surface area contributed by atoms with Gasteiger partial charge in [-0.15, -0.1) is 11.3 Å². The summed E-state index contributed by atoms with van der Waals surface area (Å²) in [6.07, 6.45) is 0. The molecule has 0 saturated heterocycles. The van der Waals surface area contributed by atoms with Gasteiger partial charge in [-0.2, -0.15) is 0 Å². The summed E-state index contributed by atoms with van der Waals surface area (Å²) in [7, 11) is 0. The highest BCUT2D eigenvalue weighted by atomic mass is 79.9. The van der Waals surface area contributed by atoms with Gasteiger partial charge in [0, 0.05) is 14.7 Å². The van der Waals surface area contributed by atoms with Gasteiger partial charge < -0.3 is 5.32 Å². The van der Waals surface area contributed by atoms with Crippen molar-refractivity contribution in [3.8, 4) is 0 Å². The third-order valence-corrected chi connectivity index (χ3v) is 3.95. The molecule has 0 saturated carbocycles. The number of thiophene rings is 1. The standard InChI is InChI=1S/C10H7BrClN3O2S/c11-6-1-8(18-5-6)4-13-10-3-7(15(16)17)2-9(12)14-10/h1-3,5H,4H2,(H,13,14). The topological polar surface area (TPSA) is 68.1 Å². The highest BCUT2D eigenvalue weighted by Crippen LogP contribution is 2.23. The number of aromatic nitrogens is 1. The molecule has 0 aromatic carbocycles. The van der Waals surface area contributed by atoms with Crippen molar-refractivity contribution in [1.29, 1.82) is 0 Å². The molecule has 0 amide bonds. The Bertz CT molecular complexity index is 590. The van der Waals surface area contributed by atoms with E-state index >= 15 is 0 Å². The van der Waals surface area contributed by atoms with E-state index in [0.717, 1.165) is 9.35 Å². The third kappa shape index (κ3) is 3.41. The van der Waals surface area contributed by atoms with E-state index in [1.54, 1.807) is 11.3 Å². The molecule has 0 unspecified atom stereocenters. The molecule has 5 nitrogen and oxygen atoms in total. The van der Waals surface area contributed by atoms with Crippen molar-refractivity contribution in [2.45, 2.75) is 6.54 Å². The van der Waals surface area contributed by atoms with Crippen LogP contribution in [0.5, 0.6) is 0 Å². The number of rotatable bonds is 4. The fourth-order valence-corrected chi connectivity index (χ4v) is 2.90. The van der Waals surface area contributed by atoms with Gasteiger partial charge in [0.15, 0.2) is 0 Å². The summed E-state index contributed by atoms with van der Waals surface area (Å²) < 4.78 is 1.01. The molecule has 2 aromatic rings. The Hall–Kier alpha value is -1.18.